The van der Waals surface area contributed by atoms with Crippen LogP contribution in [0.15, 0.2) is 11.7 Å². The highest BCUT2D eigenvalue weighted by Gasteiger charge is 2.23. The van der Waals surface area contributed by atoms with Gasteiger partial charge in [0.25, 0.3) is 0 Å². The molecular weight excluding hydrogens is 230 g/mol. The maximum atomic E-state index is 5.98. The van der Waals surface area contributed by atoms with E-state index in [0.717, 1.165) is 12.6 Å². The zero-order chi connectivity index (χ0) is 12.1. The van der Waals surface area contributed by atoms with Gasteiger partial charge in [-0.05, 0) is 38.6 Å². The molecule has 0 aromatic carbocycles. The maximum absolute atomic E-state index is 5.98. The lowest BCUT2D eigenvalue weighted by Crippen LogP contribution is -2.40. The summed E-state index contributed by atoms with van der Waals surface area (Å²) in [6.07, 6.45) is 8.13. The molecule has 0 radical (unpaired) electrons. The number of aromatic nitrogens is 1. The van der Waals surface area contributed by atoms with Gasteiger partial charge in [0.2, 0.25) is 0 Å². The zero-order valence-corrected chi connectivity index (χ0v) is 11.5. The molecule has 96 valence electrons. The summed E-state index contributed by atoms with van der Waals surface area (Å²) in [5.74, 6) is 0. The Kier molecular flexibility index (Phi) is 4.95. The Balaban J connectivity index is 1.92. The molecule has 2 N–H and O–H groups in total. The zero-order valence-electron chi connectivity index (χ0n) is 10.6. The second kappa shape index (κ2) is 6.47. The number of hydrogen-bond donors (Lipinski definition) is 1. The molecule has 17 heavy (non-hydrogen) atoms. The van der Waals surface area contributed by atoms with Gasteiger partial charge < -0.3 is 5.73 Å². The van der Waals surface area contributed by atoms with Gasteiger partial charge in [0, 0.05) is 29.7 Å². The van der Waals surface area contributed by atoms with Gasteiger partial charge in [-0.1, -0.05) is 6.92 Å². The summed E-state index contributed by atoms with van der Waals surface area (Å²) in [4.78, 5) is 8.17. The first-order valence-corrected chi connectivity index (χ1v) is 7.54. The van der Waals surface area contributed by atoms with Crippen molar-refractivity contribution in [2.45, 2.75) is 57.7 Å². The molecule has 2 rings (SSSR count). The van der Waals surface area contributed by atoms with Gasteiger partial charge in [0.1, 0.15) is 0 Å². The lowest BCUT2D eigenvalue weighted by atomic mass is 9.90. The molecule has 0 bridgehead atoms. The van der Waals surface area contributed by atoms with Gasteiger partial charge in [-0.25, -0.2) is 0 Å². The van der Waals surface area contributed by atoms with Crippen LogP contribution in [-0.4, -0.2) is 28.5 Å². The summed E-state index contributed by atoms with van der Waals surface area (Å²) < 4.78 is 0. The first-order chi connectivity index (χ1) is 8.29. The molecule has 1 heterocycles. The van der Waals surface area contributed by atoms with Crippen LogP contribution in [0.5, 0.6) is 0 Å². The van der Waals surface area contributed by atoms with Crippen molar-refractivity contribution in [2.75, 3.05) is 6.54 Å². The van der Waals surface area contributed by atoms with E-state index >= 15 is 0 Å². The van der Waals surface area contributed by atoms with Gasteiger partial charge in [0.05, 0.1) is 5.51 Å². The summed E-state index contributed by atoms with van der Waals surface area (Å²) in [5, 5.41) is 0. The highest BCUT2D eigenvalue weighted by atomic mass is 32.1. The summed E-state index contributed by atoms with van der Waals surface area (Å²) in [5.41, 5.74) is 7.91. The van der Waals surface area contributed by atoms with Crippen molar-refractivity contribution < 1.29 is 0 Å². The van der Waals surface area contributed by atoms with E-state index in [1.54, 1.807) is 11.3 Å². The third kappa shape index (κ3) is 3.76. The lowest BCUT2D eigenvalue weighted by molar-refractivity contribution is 0.143. The standard InChI is InChI=1S/C13H23N3S/c1-2-7-16(9-13-8-15-10-17-13)12-5-3-11(14)4-6-12/h8,10-12H,2-7,9,14H2,1H3. The van der Waals surface area contributed by atoms with Gasteiger partial charge in [-0.15, -0.1) is 11.3 Å². The maximum Gasteiger partial charge on any atom is 0.0794 e. The summed E-state index contributed by atoms with van der Waals surface area (Å²) in [6.45, 7) is 4.52. The van der Waals surface area contributed by atoms with E-state index in [1.807, 2.05) is 11.7 Å². The van der Waals surface area contributed by atoms with Crippen LogP contribution < -0.4 is 5.73 Å². The minimum Gasteiger partial charge on any atom is -0.328 e. The number of rotatable bonds is 5. The monoisotopic (exact) mass is 253 g/mol. The van der Waals surface area contributed by atoms with Crippen molar-refractivity contribution in [3.8, 4) is 0 Å². The Labute approximate surface area is 108 Å². The minimum absolute atomic E-state index is 0.443. The van der Waals surface area contributed by atoms with Gasteiger partial charge in [-0.3, -0.25) is 9.88 Å². The SMILES string of the molecule is CCCN(Cc1cncs1)C1CCC(N)CC1. The summed E-state index contributed by atoms with van der Waals surface area (Å²) >= 11 is 1.76. The highest BCUT2D eigenvalue weighted by Crippen LogP contribution is 2.24. The van der Waals surface area contributed by atoms with E-state index in [2.05, 4.69) is 16.8 Å². The largest absolute Gasteiger partial charge is 0.328 e. The van der Waals surface area contributed by atoms with Crippen LogP contribution >= 0.6 is 11.3 Å². The smallest absolute Gasteiger partial charge is 0.0794 e. The number of thiazole rings is 1. The van der Waals surface area contributed by atoms with E-state index in [9.17, 15) is 0 Å². The van der Waals surface area contributed by atoms with E-state index in [4.69, 9.17) is 5.73 Å². The summed E-state index contributed by atoms with van der Waals surface area (Å²) in [6, 6.07) is 1.18. The Morgan fingerprint density at radius 1 is 1.41 bits per heavy atom. The molecule has 0 aliphatic heterocycles. The fraction of sp³-hybridized carbons (Fsp3) is 0.769. The molecule has 1 aliphatic carbocycles. The van der Waals surface area contributed by atoms with E-state index < -0.39 is 0 Å². The highest BCUT2D eigenvalue weighted by molar-refractivity contribution is 7.09. The third-order valence-electron chi connectivity index (χ3n) is 3.61. The molecule has 1 aliphatic rings. The number of nitrogens with zero attached hydrogens (tertiary/aromatic N) is 2. The van der Waals surface area contributed by atoms with E-state index in [1.165, 1.54) is 43.5 Å². The van der Waals surface area contributed by atoms with Crippen molar-refractivity contribution >= 4 is 11.3 Å². The number of hydrogen-bond acceptors (Lipinski definition) is 4. The Hall–Kier alpha value is -0.450. The Bertz CT molecular complexity index is 304. The average Bonchev–Trinajstić information content (AvgIpc) is 2.82. The normalized spacial score (nSPS) is 25.4. The molecule has 1 saturated carbocycles. The first kappa shape index (κ1) is 13.0. The fourth-order valence-corrected chi connectivity index (χ4v) is 3.28. The molecule has 1 aromatic rings. The predicted molar refractivity (Wildman–Crippen MR) is 73.0 cm³/mol. The minimum atomic E-state index is 0.443. The van der Waals surface area contributed by atoms with Crippen molar-refractivity contribution in [1.29, 1.82) is 0 Å². The Morgan fingerprint density at radius 2 is 2.18 bits per heavy atom. The Morgan fingerprint density at radius 3 is 2.76 bits per heavy atom. The molecular formula is C13H23N3S. The van der Waals surface area contributed by atoms with Crippen LogP contribution in [0.25, 0.3) is 0 Å². The number of nitrogens with two attached hydrogens (primary N) is 1. The van der Waals surface area contributed by atoms with Crippen LogP contribution in [0.4, 0.5) is 0 Å². The van der Waals surface area contributed by atoms with Crippen molar-refractivity contribution in [1.82, 2.24) is 9.88 Å². The topological polar surface area (TPSA) is 42.2 Å². The molecule has 3 nitrogen and oxygen atoms in total. The van der Waals surface area contributed by atoms with Crippen molar-refractivity contribution in [3.05, 3.63) is 16.6 Å². The van der Waals surface area contributed by atoms with Crippen LogP contribution in [-0.2, 0) is 6.54 Å². The molecule has 0 unspecified atom stereocenters. The fourth-order valence-electron chi connectivity index (χ4n) is 2.67. The second-order valence-electron chi connectivity index (χ2n) is 5.01. The lowest BCUT2D eigenvalue weighted by Gasteiger charge is -2.35. The molecule has 0 spiro atoms. The molecule has 0 atom stereocenters. The van der Waals surface area contributed by atoms with Crippen LogP contribution in [0.1, 0.15) is 43.9 Å². The quantitative estimate of drug-likeness (QED) is 0.877. The molecule has 4 heteroatoms. The van der Waals surface area contributed by atoms with Crippen LogP contribution in [0.2, 0.25) is 0 Å². The predicted octanol–water partition coefficient (Wildman–Crippen LogP) is 2.63. The molecule has 0 amide bonds. The first-order valence-electron chi connectivity index (χ1n) is 6.66. The third-order valence-corrected chi connectivity index (χ3v) is 4.38. The molecule has 1 aromatic heterocycles. The van der Waals surface area contributed by atoms with Crippen LogP contribution in [0, 0.1) is 0 Å². The molecule has 0 saturated heterocycles. The van der Waals surface area contributed by atoms with Crippen molar-refractivity contribution in [3.63, 3.8) is 0 Å². The van der Waals surface area contributed by atoms with Crippen molar-refractivity contribution in [2.24, 2.45) is 5.73 Å². The van der Waals surface area contributed by atoms with Crippen LogP contribution in [0.3, 0.4) is 0 Å². The summed E-state index contributed by atoms with van der Waals surface area (Å²) in [7, 11) is 0. The van der Waals surface area contributed by atoms with E-state index in [-0.39, 0.29) is 0 Å². The van der Waals surface area contributed by atoms with Gasteiger partial charge in [-0.2, -0.15) is 0 Å². The van der Waals surface area contributed by atoms with Gasteiger partial charge >= 0.3 is 0 Å². The van der Waals surface area contributed by atoms with E-state index in [0.29, 0.717) is 6.04 Å². The second-order valence-corrected chi connectivity index (χ2v) is 5.98. The van der Waals surface area contributed by atoms with Gasteiger partial charge in [0.15, 0.2) is 0 Å². The molecule has 1 fully saturated rings. The average molecular weight is 253 g/mol.